The van der Waals surface area contributed by atoms with Gasteiger partial charge in [0.05, 0.1) is 6.54 Å². The summed E-state index contributed by atoms with van der Waals surface area (Å²) < 4.78 is 0. The predicted molar refractivity (Wildman–Crippen MR) is 98.4 cm³/mol. The standard InChI is InChI=1S/C19H23N3O2/c1-4-18(23)21-15-8-6-9-16(11-15)22-19(24)12-20-17-10-5-7-13(2)14(17)3/h5-11,20H,4,12H2,1-3H3,(H,21,23)(H,22,24). The second-order valence-corrected chi connectivity index (χ2v) is 5.63. The minimum absolute atomic E-state index is 0.0601. The van der Waals surface area contributed by atoms with Gasteiger partial charge in [-0.05, 0) is 49.2 Å². The fourth-order valence-corrected chi connectivity index (χ4v) is 2.25. The van der Waals surface area contributed by atoms with E-state index < -0.39 is 0 Å². The van der Waals surface area contributed by atoms with Crippen LogP contribution in [0.2, 0.25) is 0 Å². The van der Waals surface area contributed by atoms with Gasteiger partial charge in [-0.1, -0.05) is 25.1 Å². The highest BCUT2D eigenvalue weighted by atomic mass is 16.2. The van der Waals surface area contributed by atoms with Gasteiger partial charge in [-0.3, -0.25) is 9.59 Å². The van der Waals surface area contributed by atoms with Crippen molar-refractivity contribution in [2.24, 2.45) is 0 Å². The molecule has 0 atom stereocenters. The molecule has 126 valence electrons. The molecular formula is C19H23N3O2. The Bertz CT molecular complexity index is 741. The molecule has 0 aliphatic heterocycles. The maximum Gasteiger partial charge on any atom is 0.243 e. The fraction of sp³-hybridized carbons (Fsp3) is 0.263. The quantitative estimate of drug-likeness (QED) is 0.758. The molecule has 0 spiro atoms. The summed E-state index contributed by atoms with van der Waals surface area (Å²) in [5, 5.41) is 8.74. The molecule has 0 saturated carbocycles. The second-order valence-electron chi connectivity index (χ2n) is 5.63. The molecule has 2 aromatic carbocycles. The van der Waals surface area contributed by atoms with Crippen LogP contribution in [0, 0.1) is 13.8 Å². The number of rotatable bonds is 6. The van der Waals surface area contributed by atoms with E-state index in [0.29, 0.717) is 17.8 Å². The third kappa shape index (κ3) is 4.84. The van der Waals surface area contributed by atoms with Crippen LogP contribution in [0.25, 0.3) is 0 Å². The molecule has 0 heterocycles. The van der Waals surface area contributed by atoms with Crippen LogP contribution in [0.15, 0.2) is 42.5 Å². The molecule has 0 unspecified atom stereocenters. The topological polar surface area (TPSA) is 70.2 Å². The Morgan fingerprint density at radius 1 is 0.917 bits per heavy atom. The summed E-state index contributed by atoms with van der Waals surface area (Å²) in [5.41, 5.74) is 4.59. The van der Waals surface area contributed by atoms with Crippen LogP contribution in [0.1, 0.15) is 24.5 Å². The second kappa shape index (κ2) is 8.15. The number of amides is 2. The molecule has 0 bridgehead atoms. The van der Waals surface area contributed by atoms with Gasteiger partial charge in [-0.25, -0.2) is 0 Å². The van der Waals surface area contributed by atoms with Gasteiger partial charge in [0, 0.05) is 23.5 Å². The minimum atomic E-state index is -0.144. The van der Waals surface area contributed by atoms with E-state index in [2.05, 4.69) is 16.0 Å². The maximum atomic E-state index is 12.1. The Hall–Kier alpha value is -2.82. The normalized spacial score (nSPS) is 10.1. The Kier molecular flexibility index (Phi) is 5.95. The minimum Gasteiger partial charge on any atom is -0.376 e. The average molecular weight is 325 g/mol. The van der Waals surface area contributed by atoms with Crippen molar-refractivity contribution in [1.82, 2.24) is 0 Å². The summed E-state index contributed by atoms with van der Waals surface area (Å²) in [6.07, 6.45) is 0.413. The van der Waals surface area contributed by atoms with Gasteiger partial charge in [-0.15, -0.1) is 0 Å². The molecule has 5 nitrogen and oxygen atoms in total. The van der Waals surface area contributed by atoms with Gasteiger partial charge in [0.15, 0.2) is 0 Å². The zero-order chi connectivity index (χ0) is 17.5. The summed E-state index contributed by atoms with van der Waals surface area (Å²) in [4.78, 5) is 23.5. The van der Waals surface area contributed by atoms with Crippen LogP contribution in [0.4, 0.5) is 17.1 Å². The molecule has 0 aromatic heterocycles. The van der Waals surface area contributed by atoms with Gasteiger partial charge in [0.2, 0.25) is 11.8 Å². The summed E-state index contributed by atoms with van der Waals surface area (Å²) in [5.74, 6) is -0.204. The molecule has 0 aliphatic rings. The molecular weight excluding hydrogens is 302 g/mol. The molecule has 0 aliphatic carbocycles. The van der Waals surface area contributed by atoms with E-state index in [0.717, 1.165) is 11.3 Å². The highest BCUT2D eigenvalue weighted by Gasteiger charge is 2.06. The maximum absolute atomic E-state index is 12.1. The highest BCUT2D eigenvalue weighted by molar-refractivity contribution is 5.95. The first-order valence-electron chi connectivity index (χ1n) is 7.99. The molecule has 5 heteroatoms. The molecule has 24 heavy (non-hydrogen) atoms. The summed E-state index contributed by atoms with van der Waals surface area (Å²) in [6.45, 7) is 6.03. The number of anilines is 3. The highest BCUT2D eigenvalue weighted by Crippen LogP contribution is 2.18. The molecule has 0 saturated heterocycles. The lowest BCUT2D eigenvalue weighted by Crippen LogP contribution is -2.22. The number of hydrogen-bond acceptors (Lipinski definition) is 3. The molecule has 2 aromatic rings. The van der Waals surface area contributed by atoms with Crippen molar-refractivity contribution in [3.63, 3.8) is 0 Å². The zero-order valence-corrected chi connectivity index (χ0v) is 14.3. The van der Waals surface area contributed by atoms with E-state index in [-0.39, 0.29) is 18.4 Å². The van der Waals surface area contributed by atoms with Crippen LogP contribution in [-0.2, 0) is 9.59 Å². The smallest absolute Gasteiger partial charge is 0.243 e. The molecule has 0 radical (unpaired) electrons. The number of hydrogen-bond donors (Lipinski definition) is 3. The van der Waals surface area contributed by atoms with Crippen molar-refractivity contribution < 1.29 is 9.59 Å². The fourth-order valence-electron chi connectivity index (χ4n) is 2.25. The number of benzene rings is 2. The first-order chi connectivity index (χ1) is 11.5. The van der Waals surface area contributed by atoms with E-state index in [1.807, 2.05) is 32.0 Å². The van der Waals surface area contributed by atoms with Crippen LogP contribution in [0.3, 0.4) is 0 Å². The van der Waals surface area contributed by atoms with Crippen LogP contribution >= 0.6 is 0 Å². The van der Waals surface area contributed by atoms with E-state index in [4.69, 9.17) is 0 Å². The lowest BCUT2D eigenvalue weighted by atomic mass is 10.1. The largest absolute Gasteiger partial charge is 0.376 e. The van der Waals surface area contributed by atoms with E-state index in [1.54, 1.807) is 31.2 Å². The van der Waals surface area contributed by atoms with Crippen LogP contribution < -0.4 is 16.0 Å². The van der Waals surface area contributed by atoms with Crippen molar-refractivity contribution >= 4 is 28.9 Å². The lowest BCUT2D eigenvalue weighted by molar-refractivity contribution is -0.116. The SMILES string of the molecule is CCC(=O)Nc1cccc(NC(=O)CNc2cccc(C)c2C)c1. The zero-order valence-electron chi connectivity index (χ0n) is 14.3. The van der Waals surface area contributed by atoms with E-state index in [1.165, 1.54) is 5.56 Å². The van der Waals surface area contributed by atoms with E-state index >= 15 is 0 Å². The van der Waals surface area contributed by atoms with Gasteiger partial charge in [0.25, 0.3) is 0 Å². The number of nitrogens with one attached hydrogen (secondary N) is 3. The lowest BCUT2D eigenvalue weighted by Gasteiger charge is -2.12. The van der Waals surface area contributed by atoms with Crippen molar-refractivity contribution in [2.45, 2.75) is 27.2 Å². The van der Waals surface area contributed by atoms with Crippen molar-refractivity contribution in [3.05, 3.63) is 53.6 Å². The monoisotopic (exact) mass is 325 g/mol. The van der Waals surface area contributed by atoms with Gasteiger partial charge >= 0.3 is 0 Å². The molecule has 2 amide bonds. The first-order valence-corrected chi connectivity index (χ1v) is 7.99. The molecule has 2 rings (SSSR count). The Morgan fingerprint density at radius 2 is 1.54 bits per heavy atom. The third-order valence-corrected chi connectivity index (χ3v) is 3.80. The van der Waals surface area contributed by atoms with Crippen molar-refractivity contribution in [3.8, 4) is 0 Å². The van der Waals surface area contributed by atoms with Crippen molar-refractivity contribution in [2.75, 3.05) is 22.5 Å². The van der Waals surface area contributed by atoms with Gasteiger partial charge < -0.3 is 16.0 Å². The summed E-state index contributed by atoms with van der Waals surface area (Å²) in [6, 6.07) is 13.1. The van der Waals surface area contributed by atoms with Gasteiger partial charge in [-0.2, -0.15) is 0 Å². The average Bonchev–Trinajstić information content (AvgIpc) is 2.56. The van der Waals surface area contributed by atoms with Crippen LogP contribution in [-0.4, -0.2) is 18.4 Å². The summed E-state index contributed by atoms with van der Waals surface area (Å²) >= 11 is 0. The predicted octanol–water partition coefficient (Wildman–Crippen LogP) is 3.70. The summed E-state index contributed by atoms with van der Waals surface area (Å²) in [7, 11) is 0. The number of carbonyl (C=O) groups excluding carboxylic acids is 2. The Labute approximate surface area is 142 Å². The van der Waals surface area contributed by atoms with E-state index in [9.17, 15) is 9.59 Å². The number of aryl methyl sites for hydroxylation is 1. The first kappa shape index (κ1) is 17.5. The van der Waals surface area contributed by atoms with Crippen LogP contribution in [0.5, 0.6) is 0 Å². The third-order valence-electron chi connectivity index (χ3n) is 3.80. The Balaban J connectivity index is 1.94. The molecule has 0 fully saturated rings. The number of carbonyl (C=O) groups is 2. The van der Waals surface area contributed by atoms with Crippen molar-refractivity contribution in [1.29, 1.82) is 0 Å². The molecule has 3 N–H and O–H groups in total. The Morgan fingerprint density at radius 3 is 2.21 bits per heavy atom. The van der Waals surface area contributed by atoms with Gasteiger partial charge in [0.1, 0.15) is 0 Å².